The van der Waals surface area contributed by atoms with E-state index < -0.39 is 0 Å². The lowest BCUT2D eigenvalue weighted by molar-refractivity contribution is -0.132. The summed E-state index contributed by atoms with van der Waals surface area (Å²) in [6, 6.07) is 8.30. The van der Waals surface area contributed by atoms with Gasteiger partial charge in [0.2, 0.25) is 5.91 Å². The maximum Gasteiger partial charge on any atom is 0.223 e. The Morgan fingerprint density at radius 3 is 2.88 bits per heavy atom. The molecule has 0 N–H and O–H groups in total. The van der Waals surface area contributed by atoms with Crippen LogP contribution in [0.4, 0.5) is 0 Å². The van der Waals surface area contributed by atoms with E-state index in [4.69, 9.17) is 6.42 Å². The lowest BCUT2D eigenvalue weighted by atomic mass is 10.00. The topological polar surface area (TPSA) is 20.3 Å². The van der Waals surface area contributed by atoms with Crippen LogP contribution in [0.2, 0.25) is 0 Å². The zero-order valence-corrected chi connectivity index (χ0v) is 9.28. The Kier molecular flexibility index (Phi) is 3.26. The van der Waals surface area contributed by atoms with Crippen molar-refractivity contribution in [3.05, 3.63) is 35.4 Å². The van der Waals surface area contributed by atoms with E-state index in [1.807, 2.05) is 11.0 Å². The minimum Gasteiger partial charge on any atom is -0.338 e. The number of terminal acetylenes is 1. The smallest absolute Gasteiger partial charge is 0.223 e. The van der Waals surface area contributed by atoms with E-state index in [0.29, 0.717) is 12.8 Å². The Morgan fingerprint density at radius 1 is 1.38 bits per heavy atom. The number of carbonyl (C=O) groups excluding carboxylic acids is 1. The van der Waals surface area contributed by atoms with Gasteiger partial charge < -0.3 is 4.90 Å². The van der Waals surface area contributed by atoms with Crippen molar-refractivity contribution in [1.29, 1.82) is 0 Å². The van der Waals surface area contributed by atoms with E-state index in [1.54, 1.807) is 0 Å². The Balaban J connectivity index is 2.03. The molecular formula is C14H15NO. The van der Waals surface area contributed by atoms with E-state index in [9.17, 15) is 4.79 Å². The molecule has 2 nitrogen and oxygen atoms in total. The highest BCUT2D eigenvalue weighted by Crippen LogP contribution is 2.19. The predicted octanol–water partition coefficient (Wildman–Crippen LogP) is 1.98. The van der Waals surface area contributed by atoms with Crippen LogP contribution in [0, 0.1) is 12.3 Å². The van der Waals surface area contributed by atoms with E-state index in [-0.39, 0.29) is 5.91 Å². The van der Waals surface area contributed by atoms with Crippen molar-refractivity contribution in [3.63, 3.8) is 0 Å². The van der Waals surface area contributed by atoms with Crippen LogP contribution in [0.3, 0.4) is 0 Å². The van der Waals surface area contributed by atoms with E-state index in [2.05, 4.69) is 24.1 Å². The van der Waals surface area contributed by atoms with Gasteiger partial charge in [0.1, 0.15) is 0 Å². The number of nitrogens with zero attached hydrogens (tertiary/aromatic N) is 1. The monoisotopic (exact) mass is 213 g/mol. The number of amides is 1. The average Bonchev–Trinajstić information content (AvgIpc) is 2.35. The van der Waals surface area contributed by atoms with Gasteiger partial charge in [-0.25, -0.2) is 0 Å². The Hall–Kier alpha value is -1.75. The van der Waals surface area contributed by atoms with Gasteiger partial charge in [0.15, 0.2) is 0 Å². The van der Waals surface area contributed by atoms with Gasteiger partial charge in [-0.3, -0.25) is 4.79 Å². The summed E-state index contributed by atoms with van der Waals surface area (Å²) in [6.07, 6.45) is 7.13. The fourth-order valence-electron chi connectivity index (χ4n) is 2.05. The van der Waals surface area contributed by atoms with Crippen molar-refractivity contribution in [2.24, 2.45) is 0 Å². The molecule has 0 spiro atoms. The summed E-state index contributed by atoms with van der Waals surface area (Å²) in [5.74, 6) is 2.68. The summed E-state index contributed by atoms with van der Waals surface area (Å²) >= 11 is 0. The molecule has 0 fully saturated rings. The SMILES string of the molecule is C#CCCC(=O)N1CCc2ccccc2C1. The minimum absolute atomic E-state index is 0.174. The Morgan fingerprint density at radius 2 is 2.12 bits per heavy atom. The first-order valence-corrected chi connectivity index (χ1v) is 5.59. The standard InChI is InChI=1S/C14H15NO/c1-2-3-8-14(16)15-10-9-12-6-4-5-7-13(12)11-15/h1,4-7H,3,8-11H2. The van der Waals surface area contributed by atoms with Crippen molar-refractivity contribution in [1.82, 2.24) is 4.90 Å². The predicted molar refractivity (Wildman–Crippen MR) is 63.6 cm³/mol. The van der Waals surface area contributed by atoms with Crippen LogP contribution in [-0.4, -0.2) is 17.4 Å². The van der Waals surface area contributed by atoms with E-state index in [1.165, 1.54) is 11.1 Å². The average molecular weight is 213 g/mol. The summed E-state index contributed by atoms with van der Waals surface area (Å²) < 4.78 is 0. The molecule has 1 aromatic rings. The van der Waals surface area contributed by atoms with Crippen molar-refractivity contribution < 1.29 is 4.79 Å². The lowest BCUT2D eigenvalue weighted by Crippen LogP contribution is -2.35. The molecule has 0 saturated carbocycles. The van der Waals surface area contributed by atoms with Crippen molar-refractivity contribution >= 4 is 5.91 Å². The Bertz CT molecular complexity index is 431. The summed E-state index contributed by atoms with van der Waals surface area (Å²) in [5.41, 5.74) is 2.63. The molecule has 0 atom stereocenters. The molecule has 0 bridgehead atoms. The molecule has 0 saturated heterocycles. The molecule has 1 amide bonds. The van der Waals surface area contributed by atoms with Crippen LogP contribution in [0.25, 0.3) is 0 Å². The molecule has 16 heavy (non-hydrogen) atoms. The van der Waals surface area contributed by atoms with Gasteiger partial charge in [0.05, 0.1) is 0 Å². The highest BCUT2D eigenvalue weighted by atomic mass is 16.2. The molecular weight excluding hydrogens is 198 g/mol. The third-order valence-corrected chi connectivity index (χ3v) is 2.97. The van der Waals surface area contributed by atoms with Gasteiger partial charge >= 0.3 is 0 Å². The number of carbonyl (C=O) groups is 1. The highest BCUT2D eigenvalue weighted by molar-refractivity contribution is 5.76. The molecule has 0 unspecified atom stereocenters. The lowest BCUT2D eigenvalue weighted by Gasteiger charge is -2.28. The van der Waals surface area contributed by atoms with Gasteiger partial charge in [-0.2, -0.15) is 0 Å². The maximum absolute atomic E-state index is 11.8. The molecule has 1 heterocycles. The largest absolute Gasteiger partial charge is 0.338 e. The van der Waals surface area contributed by atoms with Gasteiger partial charge in [-0.05, 0) is 17.5 Å². The zero-order valence-electron chi connectivity index (χ0n) is 9.28. The van der Waals surface area contributed by atoms with Gasteiger partial charge in [0.25, 0.3) is 0 Å². The molecule has 0 radical (unpaired) electrons. The zero-order chi connectivity index (χ0) is 11.4. The van der Waals surface area contributed by atoms with Crippen molar-refractivity contribution in [2.45, 2.75) is 25.8 Å². The summed E-state index contributed by atoms with van der Waals surface area (Å²) in [7, 11) is 0. The number of hydrogen-bond acceptors (Lipinski definition) is 1. The number of benzene rings is 1. The molecule has 1 aromatic carbocycles. The first-order chi connectivity index (χ1) is 7.81. The molecule has 82 valence electrons. The van der Waals surface area contributed by atoms with Crippen LogP contribution in [0.1, 0.15) is 24.0 Å². The second kappa shape index (κ2) is 4.85. The normalized spacial score (nSPS) is 14.1. The first-order valence-electron chi connectivity index (χ1n) is 5.59. The fourth-order valence-corrected chi connectivity index (χ4v) is 2.05. The second-order valence-corrected chi connectivity index (χ2v) is 4.04. The molecule has 2 rings (SSSR count). The number of fused-ring (bicyclic) bond motifs is 1. The van der Waals surface area contributed by atoms with Gasteiger partial charge in [0, 0.05) is 25.9 Å². The van der Waals surface area contributed by atoms with Crippen LogP contribution in [-0.2, 0) is 17.8 Å². The van der Waals surface area contributed by atoms with Crippen LogP contribution in [0.15, 0.2) is 24.3 Å². The van der Waals surface area contributed by atoms with Crippen molar-refractivity contribution in [2.75, 3.05) is 6.54 Å². The summed E-state index contributed by atoms with van der Waals surface area (Å²) in [6.45, 7) is 1.56. The molecule has 0 aliphatic carbocycles. The Labute approximate surface area is 96.3 Å². The quantitative estimate of drug-likeness (QED) is 0.688. The van der Waals surface area contributed by atoms with E-state index >= 15 is 0 Å². The van der Waals surface area contributed by atoms with Crippen molar-refractivity contribution in [3.8, 4) is 12.3 Å². The molecule has 2 heteroatoms. The third-order valence-electron chi connectivity index (χ3n) is 2.97. The molecule has 1 aliphatic rings. The van der Waals surface area contributed by atoms with E-state index in [0.717, 1.165) is 19.5 Å². The van der Waals surface area contributed by atoms with Crippen LogP contribution in [0.5, 0.6) is 0 Å². The van der Waals surface area contributed by atoms with Gasteiger partial charge in [-0.1, -0.05) is 24.3 Å². The second-order valence-electron chi connectivity index (χ2n) is 4.04. The third kappa shape index (κ3) is 2.25. The van der Waals surface area contributed by atoms with Crippen LogP contribution >= 0.6 is 0 Å². The molecule has 0 aromatic heterocycles. The highest BCUT2D eigenvalue weighted by Gasteiger charge is 2.19. The molecule has 1 aliphatic heterocycles. The summed E-state index contributed by atoms with van der Waals surface area (Å²) in [4.78, 5) is 13.7. The first kappa shape index (κ1) is 10.8. The number of hydrogen-bond donors (Lipinski definition) is 0. The summed E-state index contributed by atoms with van der Waals surface area (Å²) in [5, 5.41) is 0. The van der Waals surface area contributed by atoms with Crippen LogP contribution < -0.4 is 0 Å². The maximum atomic E-state index is 11.8. The van der Waals surface area contributed by atoms with Gasteiger partial charge in [-0.15, -0.1) is 12.3 Å². The minimum atomic E-state index is 0.174. The number of rotatable bonds is 2. The fraction of sp³-hybridized carbons (Fsp3) is 0.357.